The van der Waals surface area contributed by atoms with Crippen LogP contribution in [0.2, 0.25) is 0 Å². The van der Waals surface area contributed by atoms with Gasteiger partial charge in [0, 0.05) is 37.0 Å². The van der Waals surface area contributed by atoms with Crippen molar-refractivity contribution in [2.24, 2.45) is 5.73 Å². The standard InChI is InChI=1S/C23H32N6O2S2/c1-23(2)12-14-15(13-31-23)20(29-8-10-30-11-9-29)28-21-16(14)17-18(33-21)19(25-7-5-4-6-24)27-22(26-17)32-3/h4-13,24H2,1-3H3,(H,25,26,27). The highest BCUT2D eigenvalue weighted by Gasteiger charge is 2.33. The molecule has 8 nitrogen and oxygen atoms in total. The summed E-state index contributed by atoms with van der Waals surface area (Å²) in [4.78, 5) is 18.3. The van der Waals surface area contributed by atoms with Crippen molar-refractivity contribution < 1.29 is 9.47 Å². The number of hydrogen-bond donors (Lipinski definition) is 2. The minimum atomic E-state index is -0.226. The highest BCUT2D eigenvalue weighted by molar-refractivity contribution is 7.98. The molecule has 0 unspecified atom stereocenters. The SMILES string of the molecule is CSc1nc(NCCCCN)c2sc3nc(N4CCOCC4)c4c(c3c2n1)CC(C)(C)OC4. The van der Waals surface area contributed by atoms with Crippen molar-refractivity contribution in [1.29, 1.82) is 0 Å². The summed E-state index contributed by atoms with van der Waals surface area (Å²) in [5, 5.41) is 5.49. The summed E-state index contributed by atoms with van der Waals surface area (Å²) in [5.41, 5.74) is 8.97. The second-order valence-electron chi connectivity index (χ2n) is 9.16. The number of morpholine rings is 1. The van der Waals surface area contributed by atoms with Crippen LogP contribution in [0.4, 0.5) is 11.6 Å². The highest BCUT2D eigenvalue weighted by Crippen LogP contribution is 2.44. The zero-order valence-electron chi connectivity index (χ0n) is 19.6. The number of hydrogen-bond acceptors (Lipinski definition) is 10. The average Bonchev–Trinajstić information content (AvgIpc) is 3.20. The van der Waals surface area contributed by atoms with Crippen molar-refractivity contribution in [1.82, 2.24) is 15.0 Å². The minimum Gasteiger partial charge on any atom is -0.378 e. The lowest BCUT2D eigenvalue weighted by atomic mass is 9.90. The van der Waals surface area contributed by atoms with Gasteiger partial charge in [-0.25, -0.2) is 15.0 Å². The molecule has 2 aliphatic rings. The normalized spacial score (nSPS) is 18.1. The van der Waals surface area contributed by atoms with Gasteiger partial charge in [0.1, 0.15) is 16.5 Å². The second-order valence-corrected chi connectivity index (χ2v) is 10.9. The van der Waals surface area contributed by atoms with Crippen LogP contribution in [-0.2, 0) is 22.5 Å². The van der Waals surface area contributed by atoms with Gasteiger partial charge in [-0.2, -0.15) is 0 Å². The van der Waals surface area contributed by atoms with Crippen LogP contribution < -0.4 is 16.0 Å². The van der Waals surface area contributed by atoms with E-state index in [2.05, 4.69) is 24.1 Å². The molecule has 5 rings (SSSR count). The van der Waals surface area contributed by atoms with E-state index in [1.165, 1.54) is 16.5 Å². The van der Waals surface area contributed by atoms with Crippen molar-refractivity contribution in [3.63, 3.8) is 0 Å². The Morgan fingerprint density at radius 3 is 2.73 bits per heavy atom. The molecule has 5 heterocycles. The number of anilines is 2. The van der Waals surface area contributed by atoms with Gasteiger partial charge < -0.3 is 25.4 Å². The fourth-order valence-electron chi connectivity index (χ4n) is 4.56. The molecule has 0 saturated carbocycles. The minimum absolute atomic E-state index is 0.226. The number of nitrogens with two attached hydrogens (primary N) is 1. The number of nitrogens with zero attached hydrogens (tertiary/aromatic N) is 4. The maximum Gasteiger partial charge on any atom is 0.189 e. The predicted octanol–water partition coefficient (Wildman–Crippen LogP) is 3.80. The van der Waals surface area contributed by atoms with Crippen LogP contribution in [-0.4, -0.2) is 66.2 Å². The lowest BCUT2D eigenvalue weighted by molar-refractivity contribution is -0.0396. The average molecular weight is 489 g/mol. The first-order chi connectivity index (χ1) is 16.0. The molecule has 3 N–H and O–H groups in total. The Morgan fingerprint density at radius 1 is 1.15 bits per heavy atom. The monoisotopic (exact) mass is 488 g/mol. The predicted molar refractivity (Wildman–Crippen MR) is 137 cm³/mol. The van der Waals surface area contributed by atoms with Crippen LogP contribution in [0.15, 0.2) is 5.16 Å². The smallest absolute Gasteiger partial charge is 0.189 e. The molecule has 0 aliphatic carbocycles. The Bertz CT molecular complexity index is 1160. The van der Waals surface area contributed by atoms with E-state index < -0.39 is 0 Å². The number of fused-ring (bicyclic) bond motifs is 5. The summed E-state index contributed by atoms with van der Waals surface area (Å²) in [6.45, 7) is 9.61. The fourth-order valence-corrected chi connectivity index (χ4v) is 6.03. The van der Waals surface area contributed by atoms with Gasteiger partial charge >= 0.3 is 0 Å². The molecule has 0 atom stereocenters. The zero-order chi connectivity index (χ0) is 23.0. The first-order valence-electron chi connectivity index (χ1n) is 11.6. The number of thiophene rings is 1. The summed E-state index contributed by atoms with van der Waals surface area (Å²) >= 11 is 3.26. The van der Waals surface area contributed by atoms with Crippen LogP contribution in [0.3, 0.4) is 0 Å². The van der Waals surface area contributed by atoms with Gasteiger partial charge in [0.25, 0.3) is 0 Å². The molecule has 33 heavy (non-hydrogen) atoms. The summed E-state index contributed by atoms with van der Waals surface area (Å²) in [6, 6.07) is 0. The number of rotatable bonds is 7. The maximum absolute atomic E-state index is 6.25. The van der Waals surface area contributed by atoms with Crippen LogP contribution >= 0.6 is 23.1 Å². The van der Waals surface area contributed by atoms with E-state index in [1.807, 2.05) is 6.26 Å². The lowest BCUT2D eigenvalue weighted by Gasteiger charge is -2.36. The summed E-state index contributed by atoms with van der Waals surface area (Å²) in [5.74, 6) is 1.94. The number of ether oxygens (including phenoxy) is 2. The van der Waals surface area contributed by atoms with Crippen LogP contribution in [0.25, 0.3) is 20.4 Å². The van der Waals surface area contributed by atoms with E-state index >= 15 is 0 Å². The number of thioether (sulfide) groups is 1. The maximum atomic E-state index is 6.25. The Morgan fingerprint density at radius 2 is 1.97 bits per heavy atom. The molecule has 1 fully saturated rings. The Balaban J connectivity index is 1.70. The molecule has 2 aliphatic heterocycles. The van der Waals surface area contributed by atoms with Gasteiger partial charge in [0.15, 0.2) is 5.16 Å². The van der Waals surface area contributed by atoms with E-state index in [0.29, 0.717) is 13.2 Å². The van der Waals surface area contributed by atoms with Gasteiger partial charge in [0.05, 0.1) is 35.6 Å². The molecular formula is C23H32N6O2S2. The molecule has 0 radical (unpaired) electrons. The topological polar surface area (TPSA) is 98.4 Å². The van der Waals surface area contributed by atoms with Gasteiger partial charge in [-0.1, -0.05) is 11.8 Å². The van der Waals surface area contributed by atoms with Gasteiger partial charge in [-0.05, 0) is 45.1 Å². The molecule has 1 saturated heterocycles. The Kier molecular flexibility index (Phi) is 6.63. The van der Waals surface area contributed by atoms with E-state index in [9.17, 15) is 0 Å². The molecule has 0 amide bonds. The molecular weight excluding hydrogens is 456 g/mol. The lowest BCUT2D eigenvalue weighted by Crippen LogP contribution is -2.39. The highest BCUT2D eigenvalue weighted by atomic mass is 32.2. The van der Waals surface area contributed by atoms with Gasteiger partial charge in [0.2, 0.25) is 0 Å². The first-order valence-corrected chi connectivity index (χ1v) is 13.7. The molecule has 10 heteroatoms. The zero-order valence-corrected chi connectivity index (χ0v) is 21.2. The molecule has 0 bridgehead atoms. The third-order valence-corrected chi connectivity index (χ3v) is 7.89. The van der Waals surface area contributed by atoms with Gasteiger partial charge in [-0.15, -0.1) is 11.3 Å². The third-order valence-electron chi connectivity index (χ3n) is 6.26. The van der Waals surface area contributed by atoms with Gasteiger partial charge in [-0.3, -0.25) is 0 Å². The quantitative estimate of drug-likeness (QED) is 0.292. The van der Waals surface area contributed by atoms with E-state index in [-0.39, 0.29) is 5.60 Å². The van der Waals surface area contributed by atoms with E-state index in [0.717, 1.165) is 83.9 Å². The molecule has 178 valence electrons. The largest absolute Gasteiger partial charge is 0.378 e. The third kappa shape index (κ3) is 4.51. The van der Waals surface area contributed by atoms with Crippen LogP contribution in [0.1, 0.15) is 37.8 Å². The van der Waals surface area contributed by atoms with Crippen molar-refractivity contribution in [3.05, 3.63) is 11.1 Å². The van der Waals surface area contributed by atoms with Crippen molar-refractivity contribution in [3.8, 4) is 0 Å². The van der Waals surface area contributed by atoms with Crippen molar-refractivity contribution in [2.45, 2.75) is 50.5 Å². The Labute approximate surface area is 202 Å². The molecule has 3 aromatic heterocycles. The summed E-state index contributed by atoms with van der Waals surface area (Å²) < 4.78 is 12.9. The van der Waals surface area contributed by atoms with E-state index in [1.54, 1.807) is 23.1 Å². The number of nitrogens with one attached hydrogen (secondary N) is 1. The van der Waals surface area contributed by atoms with Crippen LogP contribution in [0.5, 0.6) is 0 Å². The van der Waals surface area contributed by atoms with Crippen molar-refractivity contribution >= 4 is 55.2 Å². The first kappa shape index (κ1) is 23.0. The summed E-state index contributed by atoms with van der Waals surface area (Å²) in [7, 11) is 0. The second kappa shape index (κ2) is 9.50. The Hall–Kier alpha value is -1.72. The van der Waals surface area contributed by atoms with Crippen molar-refractivity contribution in [2.75, 3.05) is 55.9 Å². The van der Waals surface area contributed by atoms with E-state index in [4.69, 9.17) is 30.2 Å². The molecule has 0 spiro atoms. The molecule has 0 aromatic carbocycles. The molecule has 3 aromatic rings. The number of unbranched alkanes of at least 4 members (excludes halogenated alkanes) is 1. The van der Waals surface area contributed by atoms with Crippen LogP contribution in [0, 0.1) is 0 Å². The number of pyridine rings is 1. The number of aromatic nitrogens is 3. The fraction of sp³-hybridized carbons (Fsp3) is 0.609. The summed E-state index contributed by atoms with van der Waals surface area (Å²) in [6.07, 6.45) is 4.87.